The van der Waals surface area contributed by atoms with Gasteiger partial charge in [0.25, 0.3) is 0 Å². The number of para-hydroxylation sites is 1. The van der Waals surface area contributed by atoms with Gasteiger partial charge in [-0.25, -0.2) is 4.79 Å². The summed E-state index contributed by atoms with van der Waals surface area (Å²) in [5.74, 6) is -0.498. The van der Waals surface area contributed by atoms with Crippen LogP contribution in [0.1, 0.15) is 10.4 Å². The quantitative estimate of drug-likeness (QED) is 0.859. The van der Waals surface area contributed by atoms with Gasteiger partial charge in [-0.15, -0.1) is 0 Å². The average Bonchev–Trinajstić information content (AvgIpc) is 2.40. The molecular weight excluding hydrogens is 251 g/mol. The maximum atomic E-state index is 11.9. The van der Waals surface area contributed by atoms with Crippen LogP contribution in [0.5, 0.6) is 5.75 Å². The van der Waals surface area contributed by atoms with Crippen LogP contribution in [0.25, 0.3) is 0 Å². The fraction of sp³-hybridized carbons (Fsp3) is 0. The number of carbonyl (C=O) groups is 1. The van der Waals surface area contributed by atoms with E-state index in [1.54, 1.807) is 24.3 Å². The van der Waals surface area contributed by atoms with Crippen LogP contribution < -0.4 is 9.83 Å². The summed E-state index contributed by atoms with van der Waals surface area (Å²) in [6.45, 7) is 0. The molecule has 18 heavy (non-hydrogen) atoms. The molecule has 1 N–H and O–H groups in total. The normalized spacial score (nSPS) is 10.8. The molecule has 1 atom stereocenters. The molecule has 0 heterocycles. The summed E-state index contributed by atoms with van der Waals surface area (Å²) in [5, 5.41) is 9.20. The lowest BCUT2D eigenvalue weighted by Gasteiger charge is -1.94. The Kier molecular flexibility index (Phi) is 3.70. The van der Waals surface area contributed by atoms with Crippen LogP contribution in [0.2, 0.25) is 0 Å². The van der Waals surface area contributed by atoms with Crippen LogP contribution in [0.3, 0.4) is 0 Å². The SMILES string of the molecule is O=C(O)c1ccc([P+](=O)Oc2ccccc2)cc1. The summed E-state index contributed by atoms with van der Waals surface area (Å²) in [6.07, 6.45) is 0. The maximum Gasteiger partial charge on any atom is 0.597 e. The van der Waals surface area contributed by atoms with E-state index in [4.69, 9.17) is 9.63 Å². The zero-order valence-corrected chi connectivity index (χ0v) is 10.2. The first-order valence-electron chi connectivity index (χ1n) is 5.20. The van der Waals surface area contributed by atoms with E-state index >= 15 is 0 Å². The first-order chi connectivity index (χ1) is 8.66. The second kappa shape index (κ2) is 5.43. The highest BCUT2D eigenvalue weighted by Crippen LogP contribution is 2.25. The van der Waals surface area contributed by atoms with Gasteiger partial charge in [-0.3, -0.25) is 4.52 Å². The van der Waals surface area contributed by atoms with Crippen molar-refractivity contribution in [3.8, 4) is 5.75 Å². The molecule has 0 aliphatic carbocycles. The van der Waals surface area contributed by atoms with Crippen LogP contribution in [0.15, 0.2) is 54.6 Å². The van der Waals surface area contributed by atoms with Gasteiger partial charge in [0.1, 0.15) is 0 Å². The highest BCUT2D eigenvalue weighted by molar-refractivity contribution is 7.48. The Bertz CT molecular complexity index is 563. The lowest BCUT2D eigenvalue weighted by molar-refractivity contribution is 0.0697. The van der Waals surface area contributed by atoms with E-state index in [0.717, 1.165) is 0 Å². The number of carboxylic acids is 1. The summed E-state index contributed by atoms with van der Waals surface area (Å²) < 4.78 is 17.1. The molecule has 1 unspecified atom stereocenters. The zero-order valence-electron chi connectivity index (χ0n) is 9.32. The van der Waals surface area contributed by atoms with E-state index in [-0.39, 0.29) is 5.56 Å². The van der Waals surface area contributed by atoms with Gasteiger partial charge >= 0.3 is 14.0 Å². The van der Waals surface area contributed by atoms with Gasteiger partial charge < -0.3 is 5.11 Å². The Morgan fingerprint density at radius 2 is 1.61 bits per heavy atom. The molecule has 0 spiro atoms. The number of carboxylic acid groups (broad SMARTS) is 1. The van der Waals surface area contributed by atoms with E-state index in [1.807, 2.05) is 6.07 Å². The number of rotatable bonds is 4. The molecular formula is C13H10O4P+. The van der Waals surface area contributed by atoms with Crippen LogP contribution >= 0.6 is 8.03 Å². The lowest BCUT2D eigenvalue weighted by Crippen LogP contribution is -2.03. The second-order valence-electron chi connectivity index (χ2n) is 3.51. The average molecular weight is 261 g/mol. The third-order valence-electron chi connectivity index (χ3n) is 2.26. The first kappa shape index (κ1) is 12.3. The standard InChI is InChI=1S/C13H9O4P/c14-13(15)10-6-8-12(9-7-10)18(16)17-11-4-2-1-3-5-11/h1-9H/p+1. The first-order valence-corrected chi connectivity index (χ1v) is 6.38. The second-order valence-corrected chi connectivity index (χ2v) is 4.73. The smallest absolute Gasteiger partial charge is 0.478 e. The fourth-order valence-electron chi connectivity index (χ4n) is 1.36. The minimum atomic E-state index is -2.03. The Morgan fingerprint density at radius 3 is 2.17 bits per heavy atom. The van der Waals surface area contributed by atoms with Crippen molar-refractivity contribution in [2.24, 2.45) is 0 Å². The van der Waals surface area contributed by atoms with E-state index < -0.39 is 14.0 Å². The van der Waals surface area contributed by atoms with Gasteiger partial charge in [-0.1, -0.05) is 18.2 Å². The van der Waals surface area contributed by atoms with E-state index in [1.165, 1.54) is 24.3 Å². The molecule has 0 radical (unpaired) electrons. The van der Waals surface area contributed by atoms with Crippen molar-refractivity contribution >= 4 is 19.3 Å². The number of hydrogen-bond donors (Lipinski definition) is 1. The molecule has 0 aliphatic heterocycles. The number of hydrogen-bond acceptors (Lipinski definition) is 3. The third kappa shape index (κ3) is 2.93. The van der Waals surface area contributed by atoms with Crippen molar-refractivity contribution in [2.45, 2.75) is 0 Å². The van der Waals surface area contributed by atoms with E-state index in [9.17, 15) is 9.36 Å². The van der Waals surface area contributed by atoms with Crippen molar-refractivity contribution in [1.82, 2.24) is 0 Å². The highest BCUT2D eigenvalue weighted by atomic mass is 31.1. The molecule has 0 fully saturated rings. The predicted molar refractivity (Wildman–Crippen MR) is 67.7 cm³/mol. The van der Waals surface area contributed by atoms with E-state index in [2.05, 4.69) is 0 Å². The van der Waals surface area contributed by atoms with Crippen molar-refractivity contribution in [1.29, 1.82) is 0 Å². The minimum Gasteiger partial charge on any atom is -0.478 e. The lowest BCUT2D eigenvalue weighted by atomic mass is 10.2. The third-order valence-corrected chi connectivity index (χ3v) is 3.35. The van der Waals surface area contributed by atoms with Gasteiger partial charge in [-0.2, -0.15) is 0 Å². The summed E-state index contributed by atoms with van der Waals surface area (Å²) in [4.78, 5) is 10.7. The molecule has 0 saturated heterocycles. The summed E-state index contributed by atoms with van der Waals surface area (Å²) >= 11 is 0. The molecule has 0 saturated carbocycles. The molecule has 0 bridgehead atoms. The Hall–Kier alpha value is -2.19. The molecule has 2 aromatic carbocycles. The largest absolute Gasteiger partial charge is 0.597 e. The fourth-order valence-corrected chi connectivity index (χ4v) is 2.17. The monoisotopic (exact) mass is 261 g/mol. The number of aromatic carboxylic acids is 1. The Morgan fingerprint density at radius 1 is 1.00 bits per heavy atom. The summed E-state index contributed by atoms with van der Waals surface area (Å²) in [5.41, 5.74) is 0.155. The molecule has 0 aliphatic rings. The molecule has 0 amide bonds. The van der Waals surface area contributed by atoms with Crippen LogP contribution in [-0.2, 0) is 4.57 Å². The highest BCUT2D eigenvalue weighted by Gasteiger charge is 2.23. The minimum absolute atomic E-state index is 0.155. The molecule has 4 nitrogen and oxygen atoms in total. The van der Waals surface area contributed by atoms with Crippen LogP contribution in [-0.4, -0.2) is 11.1 Å². The van der Waals surface area contributed by atoms with Gasteiger partial charge in [0, 0.05) is 0 Å². The topological polar surface area (TPSA) is 63.6 Å². The van der Waals surface area contributed by atoms with Gasteiger partial charge in [0.05, 0.1) is 5.56 Å². The predicted octanol–water partition coefficient (Wildman–Crippen LogP) is 2.83. The van der Waals surface area contributed by atoms with Gasteiger partial charge in [-0.05, 0) is 41.0 Å². The van der Waals surface area contributed by atoms with Crippen LogP contribution in [0.4, 0.5) is 0 Å². The van der Waals surface area contributed by atoms with Crippen molar-refractivity contribution in [2.75, 3.05) is 0 Å². The molecule has 90 valence electrons. The van der Waals surface area contributed by atoms with E-state index in [0.29, 0.717) is 11.1 Å². The van der Waals surface area contributed by atoms with Crippen molar-refractivity contribution in [3.63, 3.8) is 0 Å². The van der Waals surface area contributed by atoms with Crippen LogP contribution in [0, 0.1) is 0 Å². The zero-order chi connectivity index (χ0) is 13.0. The molecule has 2 rings (SSSR count). The van der Waals surface area contributed by atoms with Gasteiger partial charge in [0.2, 0.25) is 5.30 Å². The molecule has 2 aromatic rings. The molecule has 0 aromatic heterocycles. The number of benzene rings is 2. The summed E-state index contributed by atoms with van der Waals surface area (Å²) in [6, 6.07) is 14.6. The summed E-state index contributed by atoms with van der Waals surface area (Å²) in [7, 11) is -2.03. The Labute approximate surface area is 105 Å². The molecule has 5 heteroatoms. The van der Waals surface area contributed by atoms with Crippen molar-refractivity contribution in [3.05, 3.63) is 60.2 Å². The maximum absolute atomic E-state index is 11.9. The Balaban J connectivity index is 2.12. The van der Waals surface area contributed by atoms with Crippen molar-refractivity contribution < 1.29 is 19.0 Å². The van der Waals surface area contributed by atoms with Gasteiger partial charge in [0.15, 0.2) is 5.75 Å².